The number of hydrogen-bond acceptors (Lipinski definition) is 9. The van der Waals surface area contributed by atoms with Crippen molar-refractivity contribution in [2.45, 2.75) is 18.5 Å². The van der Waals surface area contributed by atoms with Crippen molar-refractivity contribution in [3.63, 3.8) is 0 Å². The summed E-state index contributed by atoms with van der Waals surface area (Å²) in [5, 5.41) is 5.69. The van der Waals surface area contributed by atoms with E-state index in [0.29, 0.717) is 5.82 Å². The number of amides is 5. The molecule has 45 heavy (non-hydrogen) atoms. The van der Waals surface area contributed by atoms with Gasteiger partial charge in [0.1, 0.15) is 29.2 Å². The Morgan fingerprint density at radius 1 is 0.756 bits per heavy atom. The lowest BCUT2D eigenvalue weighted by atomic mass is 10.0. The fourth-order valence-electron chi connectivity index (χ4n) is 6.07. The summed E-state index contributed by atoms with van der Waals surface area (Å²) in [6.45, 7) is -0.385. The van der Waals surface area contributed by atoms with Crippen LogP contribution in [0.3, 0.4) is 0 Å². The van der Waals surface area contributed by atoms with Crippen LogP contribution in [-0.2, 0) is 5.66 Å². The number of aromatic nitrogens is 3. The van der Waals surface area contributed by atoms with Crippen molar-refractivity contribution in [2.75, 3.05) is 18.4 Å². The van der Waals surface area contributed by atoms with Gasteiger partial charge in [0, 0.05) is 32.1 Å². The van der Waals surface area contributed by atoms with Gasteiger partial charge in [0.2, 0.25) is 0 Å². The number of anilines is 2. The summed E-state index contributed by atoms with van der Waals surface area (Å²) in [6, 6.07) is 15.7. The van der Waals surface area contributed by atoms with Crippen LogP contribution in [0.1, 0.15) is 64.8 Å². The normalized spacial score (nSPS) is 16.2. The lowest BCUT2D eigenvalue weighted by Crippen LogP contribution is -2.52. The fourth-order valence-corrected chi connectivity index (χ4v) is 6.35. The molecular formula is C31H22ClN7O6. The van der Waals surface area contributed by atoms with Crippen LogP contribution in [0.5, 0.6) is 0 Å². The number of pyridine rings is 1. The number of rotatable bonds is 8. The highest BCUT2D eigenvalue weighted by molar-refractivity contribution is 6.34. The molecule has 0 spiro atoms. The minimum Gasteiger partial charge on any atom is -0.336 e. The van der Waals surface area contributed by atoms with Gasteiger partial charge in [-0.1, -0.05) is 35.9 Å². The number of benzene rings is 2. The molecule has 0 radical (unpaired) electrons. The number of nitrogens with zero attached hydrogens (tertiary/aromatic N) is 5. The molecule has 13 nitrogen and oxygen atoms in total. The molecule has 2 aromatic heterocycles. The first-order chi connectivity index (χ1) is 21.7. The SMILES string of the molecule is O=C1NC(CCN2C(=O)c3ccccc3C2=O)(CCN2C(=O)c3ccccc3C2=O)n2c1c(Cl)cc(Nc1ccncn1)c2=O. The van der Waals surface area contributed by atoms with Gasteiger partial charge < -0.3 is 10.6 Å². The van der Waals surface area contributed by atoms with Crippen molar-refractivity contribution in [3.8, 4) is 0 Å². The van der Waals surface area contributed by atoms with Crippen LogP contribution in [0.4, 0.5) is 11.5 Å². The predicted molar refractivity (Wildman–Crippen MR) is 159 cm³/mol. The molecule has 4 aromatic rings. The lowest BCUT2D eigenvalue weighted by molar-refractivity contribution is 0.0593. The Balaban J connectivity index is 1.28. The van der Waals surface area contributed by atoms with Crippen LogP contribution < -0.4 is 16.2 Å². The predicted octanol–water partition coefficient (Wildman–Crippen LogP) is 2.80. The summed E-state index contributed by atoms with van der Waals surface area (Å²) in [5.74, 6) is -2.44. The summed E-state index contributed by atoms with van der Waals surface area (Å²) in [4.78, 5) is 90.3. The standard InChI is InChI=1S/C31H22ClN7O6/c32-21-15-22(35-23-9-12-33-16-34-23)30(45)39-24(21)25(40)36-31(39,10-13-37-26(41)17-5-1-2-6-18(17)27(37)42)11-14-38-28(43)19-7-3-4-8-20(19)29(38)44/h1-9,12,15-16H,10-11,13-14H2,(H,36,40)(H,33,34,35). The molecular weight excluding hydrogens is 602 g/mol. The maximum absolute atomic E-state index is 14.1. The van der Waals surface area contributed by atoms with Gasteiger partial charge >= 0.3 is 0 Å². The molecule has 0 aliphatic carbocycles. The van der Waals surface area contributed by atoms with E-state index in [0.717, 1.165) is 9.80 Å². The summed E-state index contributed by atoms with van der Waals surface area (Å²) in [7, 11) is 0. The maximum atomic E-state index is 14.1. The van der Waals surface area contributed by atoms with Crippen LogP contribution in [0.25, 0.3) is 0 Å². The fraction of sp³-hybridized carbons (Fsp3) is 0.161. The second kappa shape index (κ2) is 10.5. The largest absolute Gasteiger partial charge is 0.336 e. The molecule has 224 valence electrons. The quantitative estimate of drug-likeness (QED) is 0.281. The van der Waals surface area contributed by atoms with Crippen molar-refractivity contribution in [3.05, 3.63) is 117 Å². The molecule has 0 saturated carbocycles. The topological polar surface area (TPSA) is 164 Å². The van der Waals surface area contributed by atoms with Crippen molar-refractivity contribution < 1.29 is 24.0 Å². The van der Waals surface area contributed by atoms with Crippen molar-refractivity contribution in [1.29, 1.82) is 0 Å². The zero-order chi connectivity index (χ0) is 31.5. The second-order valence-electron chi connectivity index (χ2n) is 10.7. The Bertz CT molecular complexity index is 1880. The highest BCUT2D eigenvalue weighted by Crippen LogP contribution is 2.36. The van der Waals surface area contributed by atoms with Gasteiger partial charge in [-0.25, -0.2) is 9.97 Å². The van der Waals surface area contributed by atoms with E-state index in [-0.39, 0.29) is 64.6 Å². The van der Waals surface area contributed by atoms with Crippen molar-refractivity contribution in [2.24, 2.45) is 0 Å². The lowest BCUT2D eigenvalue weighted by Gasteiger charge is -2.34. The van der Waals surface area contributed by atoms with E-state index in [4.69, 9.17) is 11.6 Å². The van der Waals surface area contributed by atoms with Crippen LogP contribution in [0.2, 0.25) is 5.02 Å². The number of carbonyl (C=O) groups excluding carboxylic acids is 5. The number of fused-ring (bicyclic) bond motifs is 3. The summed E-state index contributed by atoms with van der Waals surface area (Å²) < 4.78 is 1.18. The molecule has 3 aliphatic heterocycles. The van der Waals surface area contributed by atoms with Gasteiger partial charge in [-0.2, -0.15) is 0 Å². The van der Waals surface area contributed by atoms with Gasteiger partial charge in [0.05, 0.1) is 27.3 Å². The first-order valence-corrected chi connectivity index (χ1v) is 14.3. The average Bonchev–Trinajstić information content (AvgIpc) is 3.58. The van der Waals surface area contributed by atoms with E-state index >= 15 is 0 Å². The zero-order valence-corrected chi connectivity index (χ0v) is 24.1. The molecule has 0 unspecified atom stereocenters. The van der Waals surface area contributed by atoms with E-state index in [2.05, 4.69) is 20.6 Å². The molecule has 5 amide bonds. The molecule has 0 saturated heterocycles. The Kier molecular flexibility index (Phi) is 6.55. The molecule has 7 rings (SSSR count). The molecule has 3 aliphatic rings. The maximum Gasteiger partial charge on any atom is 0.276 e. The highest BCUT2D eigenvalue weighted by atomic mass is 35.5. The minimum absolute atomic E-state index is 0.00946. The van der Waals surface area contributed by atoms with Gasteiger partial charge in [-0.05, 0) is 36.4 Å². The van der Waals surface area contributed by atoms with E-state index in [1.807, 2.05) is 0 Å². The van der Waals surface area contributed by atoms with Crippen LogP contribution in [0.15, 0.2) is 78.0 Å². The summed E-state index contributed by atoms with van der Waals surface area (Å²) >= 11 is 6.57. The third-order valence-electron chi connectivity index (χ3n) is 8.24. The first-order valence-electron chi connectivity index (χ1n) is 13.9. The molecule has 5 heterocycles. The molecule has 0 atom stereocenters. The van der Waals surface area contributed by atoms with Crippen LogP contribution >= 0.6 is 11.6 Å². The van der Waals surface area contributed by atoms with Gasteiger partial charge in [-0.15, -0.1) is 0 Å². The zero-order valence-electron chi connectivity index (χ0n) is 23.3. The van der Waals surface area contributed by atoms with E-state index in [1.165, 1.54) is 29.2 Å². The molecule has 14 heteroatoms. The third-order valence-corrected chi connectivity index (χ3v) is 8.53. The first kappa shape index (κ1) is 28.1. The number of nitrogens with one attached hydrogen (secondary N) is 2. The van der Waals surface area contributed by atoms with Crippen LogP contribution in [0, 0.1) is 0 Å². The Morgan fingerprint density at radius 3 is 1.73 bits per heavy atom. The Labute approximate surface area is 259 Å². The molecule has 2 aromatic carbocycles. The number of halogens is 1. The van der Waals surface area contributed by atoms with E-state index in [1.54, 1.807) is 48.5 Å². The second-order valence-corrected chi connectivity index (χ2v) is 11.1. The number of carbonyl (C=O) groups is 5. The smallest absolute Gasteiger partial charge is 0.276 e. The Hall–Kier alpha value is -5.69. The highest BCUT2D eigenvalue weighted by Gasteiger charge is 2.48. The van der Waals surface area contributed by atoms with Crippen molar-refractivity contribution >= 4 is 52.6 Å². The average molecular weight is 624 g/mol. The van der Waals surface area contributed by atoms with Gasteiger partial charge in [0.25, 0.3) is 35.1 Å². The van der Waals surface area contributed by atoms with Crippen LogP contribution in [-0.4, -0.2) is 67.0 Å². The van der Waals surface area contributed by atoms with Gasteiger partial charge in [0.15, 0.2) is 0 Å². The monoisotopic (exact) mass is 623 g/mol. The molecule has 0 bridgehead atoms. The van der Waals surface area contributed by atoms with E-state index in [9.17, 15) is 28.8 Å². The summed E-state index contributed by atoms with van der Waals surface area (Å²) in [5.41, 5.74) is -1.42. The number of hydrogen-bond donors (Lipinski definition) is 2. The minimum atomic E-state index is -1.60. The summed E-state index contributed by atoms with van der Waals surface area (Å²) in [6.07, 6.45) is 2.50. The van der Waals surface area contributed by atoms with E-state index < -0.39 is 40.8 Å². The number of imide groups is 2. The van der Waals surface area contributed by atoms with Crippen molar-refractivity contribution in [1.82, 2.24) is 29.7 Å². The molecule has 2 N–H and O–H groups in total. The molecule has 0 fully saturated rings. The third kappa shape index (κ3) is 4.39. The van der Waals surface area contributed by atoms with Gasteiger partial charge in [-0.3, -0.25) is 43.1 Å². The Morgan fingerprint density at radius 2 is 1.27 bits per heavy atom.